The quantitative estimate of drug-likeness (QED) is 0.806. The van der Waals surface area contributed by atoms with Crippen molar-refractivity contribution in [3.63, 3.8) is 0 Å². The van der Waals surface area contributed by atoms with E-state index < -0.39 is 0 Å². The third-order valence-electron chi connectivity index (χ3n) is 2.44. The molecule has 0 saturated carbocycles. The zero-order valence-corrected chi connectivity index (χ0v) is 11.4. The fourth-order valence-corrected chi connectivity index (χ4v) is 2.47. The van der Waals surface area contributed by atoms with Crippen molar-refractivity contribution >= 4 is 27.7 Å². The molecule has 0 spiro atoms. The Morgan fingerprint density at radius 3 is 2.87 bits per heavy atom. The predicted molar refractivity (Wildman–Crippen MR) is 71.6 cm³/mol. The Balaban J connectivity index is 2.57. The minimum absolute atomic E-state index is 0.241. The summed E-state index contributed by atoms with van der Waals surface area (Å²) in [6.07, 6.45) is 4.35. The maximum Gasteiger partial charge on any atom is 0.0499 e. The van der Waals surface area contributed by atoms with Crippen molar-refractivity contribution < 1.29 is 5.11 Å². The van der Waals surface area contributed by atoms with Gasteiger partial charge < -0.3 is 5.11 Å². The van der Waals surface area contributed by atoms with Gasteiger partial charge >= 0.3 is 0 Å². The first-order valence-electron chi connectivity index (χ1n) is 5.13. The van der Waals surface area contributed by atoms with Crippen molar-refractivity contribution in [2.75, 3.05) is 18.6 Å². The molecule has 1 aromatic rings. The summed E-state index contributed by atoms with van der Waals surface area (Å²) in [5.74, 6) is 1.46. The van der Waals surface area contributed by atoms with E-state index in [1.54, 1.807) is 0 Å². The normalized spacial score (nSPS) is 12.7. The lowest BCUT2D eigenvalue weighted by atomic mass is 9.95. The summed E-state index contributed by atoms with van der Waals surface area (Å²) in [5.41, 5.74) is 1.23. The highest BCUT2D eigenvalue weighted by Gasteiger charge is 2.09. The summed E-state index contributed by atoms with van der Waals surface area (Å²) in [6, 6.07) is 8.22. The Morgan fingerprint density at radius 1 is 1.47 bits per heavy atom. The lowest BCUT2D eigenvalue weighted by Gasteiger charge is -2.14. The number of rotatable bonds is 6. The average Bonchev–Trinajstić information content (AvgIpc) is 2.24. The van der Waals surface area contributed by atoms with Crippen LogP contribution in [-0.2, 0) is 0 Å². The Labute approximate surface area is 104 Å². The molecule has 0 bridgehead atoms. The SMILES string of the molecule is CSCCCC(CO)c1cccc(Br)c1. The molecule has 3 heteroatoms. The van der Waals surface area contributed by atoms with E-state index in [1.807, 2.05) is 23.9 Å². The van der Waals surface area contributed by atoms with Crippen molar-refractivity contribution in [2.45, 2.75) is 18.8 Å². The monoisotopic (exact) mass is 288 g/mol. The molecule has 0 saturated heterocycles. The fraction of sp³-hybridized carbons (Fsp3) is 0.500. The van der Waals surface area contributed by atoms with Gasteiger partial charge in [0.15, 0.2) is 0 Å². The maximum atomic E-state index is 9.35. The van der Waals surface area contributed by atoms with Gasteiger partial charge in [0.25, 0.3) is 0 Å². The van der Waals surface area contributed by atoms with Gasteiger partial charge in [-0.15, -0.1) is 0 Å². The van der Waals surface area contributed by atoms with E-state index in [1.165, 1.54) is 17.7 Å². The first-order chi connectivity index (χ1) is 7.27. The van der Waals surface area contributed by atoms with E-state index in [0.29, 0.717) is 0 Å². The van der Waals surface area contributed by atoms with Crippen molar-refractivity contribution in [3.8, 4) is 0 Å². The Bertz CT molecular complexity index is 291. The van der Waals surface area contributed by atoms with E-state index in [0.717, 1.165) is 10.9 Å². The van der Waals surface area contributed by atoms with Crippen molar-refractivity contribution in [1.29, 1.82) is 0 Å². The van der Waals surface area contributed by atoms with Gasteiger partial charge in [0.05, 0.1) is 0 Å². The highest BCUT2D eigenvalue weighted by Crippen LogP contribution is 2.24. The molecule has 0 aliphatic carbocycles. The van der Waals surface area contributed by atoms with Crippen LogP contribution in [0.1, 0.15) is 24.3 Å². The number of halogens is 1. The molecule has 1 aromatic carbocycles. The van der Waals surface area contributed by atoms with Gasteiger partial charge in [-0.2, -0.15) is 11.8 Å². The van der Waals surface area contributed by atoms with Crippen LogP contribution in [0.25, 0.3) is 0 Å². The fourth-order valence-electron chi connectivity index (χ4n) is 1.60. The van der Waals surface area contributed by atoms with E-state index in [-0.39, 0.29) is 12.5 Å². The molecule has 0 amide bonds. The summed E-state index contributed by atoms with van der Waals surface area (Å²) < 4.78 is 1.09. The van der Waals surface area contributed by atoms with Crippen molar-refractivity contribution in [2.24, 2.45) is 0 Å². The molecule has 15 heavy (non-hydrogen) atoms. The van der Waals surface area contributed by atoms with Gasteiger partial charge in [0.1, 0.15) is 0 Å². The van der Waals surface area contributed by atoms with Crippen LogP contribution in [0.3, 0.4) is 0 Å². The maximum absolute atomic E-state index is 9.35. The molecule has 84 valence electrons. The summed E-state index contributed by atoms with van der Waals surface area (Å²) in [6.45, 7) is 0.241. The summed E-state index contributed by atoms with van der Waals surface area (Å²) in [7, 11) is 0. The van der Waals surface area contributed by atoms with Gasteiger partial charge in [-0.1, -0.05) is 28.1 Å². The Hall–Kier alpha value is 0.01000. The molecule has 1 nitrogen and oxygen atoms in total. The van der Waals surface area contributed by atoms with Crippen LogP contribution in [0.4, 0.5) is 0 Å². The lowest BCUT2D eigenvalue weighted by molar-refractivity contribution is 0.258. The van der Waals surface area contributed by atoms with Crippen LogP contribution >= 0.6 is 27.7 Å². The first-order valence-corrected chi connectivity index (χ1v) is 7.32. The number of hydrogen-bond donors (Lipinski definition) is 1. The molecule has 0 aliphatic heterocycles. The van der Waals surface area contributed by atoms with E-state index in [9.17, 15) is 5.11 Å². The van der Waals surface area contributed by atoms with Crippen LogP contribution < -0.4 is 0 Å². The molecule has 1 unspecified atom stereocenters. The second-order valence-corrected chi connectivity index (χ2v) is 5.47. The minimum Gasteiger partial charge on any atom is -0.396 e. The molecule has 0 radical (unpaired) electrons. The van der Waals surface area contributed by atoms with Crippen molar-refractivity contribution in [3.05, 3.63) is 34.3 Å². The molecule has 0 heterocycles. The highest BCUT2D eigenvalue weighted by atomic mass is 79.9. The molecule has 0 aromatic heterocycles. The largest absolute Gasteiger partial charge is 0.396 e. The number of aliphatic hydroxyl groups is 1. The Kier molecular flexibility index (Phi) is 6.37. The summed E-state index contributed by atoms with van der Waals surface area (Å²) in [4.78, 5) is 0. The lowest BCUT2D eigenvalue weighted by Crippen LogP contribution is -2.04. The molecule has 1 N–H and O–H groups in total. The molecule has 1 atom stereocenters. The molecular formula is C12H17BrOS. The zero-order valence-electron chi connectivity index (χ0n) is 8.95. The second kappa shape index (κ2) is 7.31. The smallest absolute Gasteiger partial charge is 0.0499 e. The molecule has 1 rings (SSSR count). The van der Waals surface area contributed by atoms with Gasteiger partial charge in [-0.3, -0.25) is 0 Å². The van der Waals surface area contributed by atoms with Gasteiger partial charge in [0, 0.05) is 17.0 Å². The number of benzene rings is 1. The minimum atomic E-state index is 0.241. The summed E-state index contributed by atoms with van der Waals surface area (Å²) in [5, 5.41) is 9.35. The number of aliphatic hydroxyl groups excluding tert-OH is 1. The van der Waals surface area contributed by atoms with Crippen LogP contribution in [-0.4, -0.2) is 23.7 Å². The standard InChI is InChI=1S/C12H17BrOS/c1-15-7-3-5-11(9-14)10-4-2-6-12(13)8-10/h2,4,6,8,11,14H,3,5,7,9H2,1H3. The molecule has 0 aliphatic rings. The Morgan fingerprint density at radius 2 is 2.27 bits per heavy atom. The third kappa shape index (κ3) is 4.58. The number of thioether (sulfide) groups is 1. The predicted octanol–water partition coefficient (Wildman–Crippen LogP) is 3.67. The summed E-state index contributed by atoms with van der Waals surface area (Å²) >= 11 is 5.32. The van der Waals surface area contributed by atoms with Crippen LogP contribution in [0.2, 0.25) is 0 Å². The van der Waals surface area contributed by atoms with Crippen LogP contribution in [0, 0.1) is 0 Å². The highest BCUT2D eigenvalue weighted by molar-refractivity contribution is 9.10. The van der Waals surface area contributed by atoms with Crippen LogP contribution in [0.15, 0.2) is 28.7 Å². The van der Waals surface area contributed by atoms with Gasteiger partial charge in [-0.25, -0.2) is 0 Å². The zero-order chi connectivity index (χ0) is 11.1. The second-order valence-electron chi connectivity index (χ2n) is 3.57. The van der Waals surface area contributed by atoms with Crippen LogP contribution in [0.5, 0.6) is 0 Å². The van der Waals surface area contributed by atoms with Gasteiger partial charge in [-0.05, 0) is 42.5 Å². The van der Waals surface area contributed by atoms with Gasteiger partial charge in [0.2, 0.25) is 0 Å². The third-order valence-corrected chi connectivity index (χ3v) is 3.63. The van der Waals surface area contributed by atoms with E-state index >= 15 is 0 Å². The number of hydrogen-bond acceptors (Lipinski definition) is 2. The van der Waals surface area contributed by atoms with E-state index in [2.05, 4.69) is 34.3 Å². The topological polar surface area (TPSA) is 20.2 Å². The van der Waals surface area contributed by atoms with Crippen molar-refractivity contribution in [1.82, 2.24) is 0 Å². The first kappa shape index (κ1) is 13.1. The van der Waals surface area contributed by atoms with E-state index in [4.69, 9.17) is 0 Å². The average molecular weight is 289 g/mol. The molecular weight excluding hydrogens is 272 g/mol. The molecule has 0 fully saturated rings.